The molecule has 5 nitrogen and oxygen atoms in total. The zero-order valence-electron chi connectivity index (χ0n) is 14.2. The van der Waals surface area contributed by atoms with E-state index in [1.165, 1.54) is 37.9 Å². The van der Waals surface area contributed by atoms with Gasteiger partial charge in [-0.2, -0.15) is 0 Å². The number of carbonyl (C=O) groups excluding carboxylic acids is 2. The Morgan fingerprint density at radius 2 is 1.88 bits per heavy atom. The number of methoxy groups -OCH3 is 1. The average Bonchev–Trinajstić information content (AvgIpc) is 3.15. The Balaban J connectivity index is 2.05. The van der Waals surface area contributed by atoms with E-state index in [4.69, 9.17) is 0 Å². The minimum absolute atomic E-state index is 0.00992. The Morgan fingerprint density at radius 1 is 1.21 bits per heavy atom. The summed E-state index contributed by atoms with van der Waals surface area (Å²) in [6.45, 7) is 4.71. The highest BCUT2D eigenvalue weighted by Crippen LogP contribution is 2.20. The smallest absolute Gasteiger partial charge is 0.343 e. The molecular weight excluding hydrogens is 304 g/mol. The summed E-state index contributed by atoms with van der Waals surface area (Å²) in [5.41, 5.74) is 2.11. The molecule has 5 heteroatoms. The predicted molar refractivity (Wildman–Crippen MR) is 95.7 cm³/mol. The fourth-order valence-electron chi connectivity index (χ4n) is 2.58. The number of rotatable bonds is 7. The van der Waals surface area contributed by atoms with Gasteiger partial charge in [-0.15, -0.1) is 0 Å². The molecule has 0 aromatic heterocycles. The predicted octanol–water partition coefficient (Wildman–Crippen LogP) is 2.54. The van der Waals surface area contributed by atoms with Gasteiger partial charge in [0.2, 0.25) is 0 Å². The number of ketones is 1. The molecule has 1 saturated heterocycles. The SMILES string of the molecule is CCNC=C(C(=O)C=Cc1ccc(N2CCCC2)cc1)C(=O)OC. The Bertz CT molecular complexity index is 627. The van der Waals surface area contributed by atoms with Crippen molar-refractivity contribution in [3.05, 3.63) is 47.7 Å². The molecule has 1 N–H and O–H groups in total. The van der Waals surface area contributed by atoms with Crippen molar-refractivity contribution in [2.45, 2.75) is 19.8 Å². The number of hydrogen-bond acceptors (Lipinski definition) is 5. The lowest BCUT2D eigenvalue weighted by molar-refractivity contribution is -0.137. The molecule has 24 heavy (non-hydrogen) atoms. The van der Waals surface area contributed by atoms with E-state index in [2.05, 4.69) is 27.1 Å². The van der Waals surface area contributed by atoms with Crippen LogP contribution in [0, 0.1) is 0 Å². The first-order valence-corrected chi connectivity index (χ1v) is 8.25. The third kappa shape index (κ3) is 4.72. The van der Waals surface area contributed by atoms with Crippen LogP contribution in [0.5, 0.6) is 0 Å². The largest absolute Gasteiger partial charge is 0.465 e. The molecule has 0 aliphatic carbocycles. The van der Waals surface area contributed by atoms with Crippen LogP contribution in [0.1, 0.15) is 25.3 Å². The quantitative estimate of drug-likeness (QED) is 0.361. The van der Waals surface area contributed by atoms with E-state index in [-0.39, 0.29) is 11.4 Å². The van der Waals surface area contributed by atoms with Crippen LogP contribution in [0.15, 0.2) is 42.1 Å². The second-order valence-electron chi connectivity index (χ2n) is 5.59. The molecule has 0 saturated carbocycles. The lowest BCUT2D eigenvalue weighted by Crippen LogP contribution is -2.17. The fourth-order valence-corrected chi connectivity index (χ4v) is 2.58. The monoisotopic (exact) mass is 328 g/mol. The van der Waals surface area contributed by atoms with Gasteiger partial charge in [-0.3, -0.25) is 4.79 Å². The molecule has 1 aliphatic rings. The highest BCUT2D eigenvalue weighted by atomic mass is 16.5. The van der Waals surface area contributed by atoms with Crippen LogP contribution in [-0.4, -0.2) is 38.5 Å². The molecule has 0 radical (unpaired) electrons. The summed E-state index contributed by atoms with van der Waals surface area (Å²) in [6.07, 6.45) is 6.98. The van der Waals surface area contributed by atoms with E-state index in [1.807, 2.05) is 19.1 Å². The van der Waals surface area contributed by atoms with Gasteiger partial charge in [0.15, 0.2) is 5.78 Å². The fraction of sp³-hybridized carbons (Fsp3) is 0.368. The third-order valence-electron chi connectivity index (χ3n) is 3.91. The first-order valence-electron chi connectivity index (χ1n) is 8.25. The van der Waals surface area contributed by atoms with Crippen LogP contribution in [0.4, 0.5) is 5.69 Å². The molecule has 1 aromatic rings. The van der Waals surface area contributed by atoms with Crippen LogP contribution in [0.25, 0.3) is 6.08 Å². The van der Waals surface area contributed by atoms with Crippen LogP contribution >= 0.6 is 0 Å². The second kappa shape index (κ2) is 8.91. The van der Waals surface area contributed by atoms with Gasteiger partial charge in [-0.25, -0.2) is 4.79 Å². The summed E-state index contributed by atoms with van der Waals surface area (Å²) >= 11 is 0. The highest BCUT2D eigenvalue weighted by Gasteiger charge is 2.16. The maximum atomic E-state index is 12.2. The molecule has 0 bridgehead atoms. The van der Waals surface area contributed by atoms with E-state index >= 15 is 0 Å². The molecule has 0 amide bonds. The van der Waals surface area contributed by atoms with Gasteiger partial charge < -0.3 is 15.0 Å². The Morgan fingerprint density at radius 3 is 2.46 bits per heavy atom. The number of benzene rings is 1. The van der Waals surface area contributed by atoms with Crippen LogP contribution < -0.4 is 10.2 Å². The van der Waals surface area contributed by atoms with Crippen molar-refractivity contribution in [2.24, 2.45) is 0 Å². The van der Waals surface area contributed by atoms with Gasteiger partial charge in [0.25, 0.3) is 0 Å². The van der Waals surface area contributed by atoms with Gasteiger partial charge in [0, 0.05) is 31.5 Å². The molecule has 2 rings (SSSR count). The van der Waals surface area contributed by atoms with Gasteiger partial charge in [-0.1, -0.05) is 18.2 Å². The number of nitrogens with one attached hydrogen (secondary N) is 1. The number of hydrogen-bond donors (Lipinski definition) is 1. The third-order valence-corrected chi connectivity index (χ3v) is 3.91. The van der Waals surface area contributed by atoms with Gasteiger partial charge in [-0.05, 0) is 43.5 Å². The molecule has 1 aromatic carbocycles. The summed E-state index contributed by atoms with van der Waals surface area (Å²) < 4.78 is 4.65. The molecule has 0 unspecified atom stereocenters. The highest BCUT2D eigenvalue weighted by molar-refractivity contribution is 6.22. The number of esters is 1. The van der Waals surface area contributed by atoms with Gasteiger partial charge in [0.1, 0.15) is 5.57 Å². The number of anilines is 1. The van der Waals surface area contributed by atoms with E-state index in [1.54, 1.807) is 6.08 Å². The lowest BCUT2D eigenvalue weighted by atomic mass is 10.1. The molecule has 128 valence electrons. The Kier molecular flexibility index (Phi) is 6.61. The summed E-state index contributed by atoms with van der Waals surface area (Å²) in [6, 6.07) is 8.07. The maximum Gasteiger partial charge on any atom is 0.343 e. The van der Waals surface area contributed by atoms with Gasteiger partial charge >= 0.3 is 5.97 Å². The standard InChI is InChI=1S/C19H24N2O3/c1-3-20-14-17(19(23)24-2)18(22)11-8-15-6-9-16(10-7-15)21-12-4-5-13-21/h6-11,14,20H,3-5,12-13H2,1-2H3. The minimum Gasteiger partial charge on any atom is -0.465 e. The van der Waals surface area contributed by atoms with Crippen molar-refractivity contribution in [3.8, 4) is 0 Å². The Labute approximate surface area is 143 Å². The normalized spacial score (nSPS) is 14.9. The minimum atomic E-state index is -0.644. The summed E-state index contributed by atoms with van der Waals surface area (Å²) in [7, 11) is 1.26. The molecular formula is C19H24N2O3. The van der Waals surface area contributed by atoms with Crippen molar-refractivity contribution < 1.29 is 14.3 Å². The van der Waals surface area contributed by atoms with Crippen LogP contribution in [0.3, 0.4) is 0 Å². The molecule has 1 fully saturated rings. The number of carbonyl (C=O) groups is 2. The molecule has 1 aliphatic heterocycles. The lowest BCUT2D eigenvalue weighted by Gasteiger charge is -2.17. The summed E-state index contributed by atoms with van der Waals surface area (Å²) in [5.74, 6) is -1.03. The van der Waals surface area contributed by atoms with E-state index in [0.717, 1.165) is 18.7 Å². The van der Waals surface area contributed by atoms with Crippen molar-refractivity contribution in [1.82, 2.24) is 5.32 Å². The topological polar surface area (TPSA) is 58.6 Å². The summed E-state index contributed by atoms with van der Waals surface area (Å²) in [4.78, 5) is 26.2. The summed E-state index contributed by atoms with van der Waals surface area (Å²) in [5, 5.41) is 2.86. The molecule has 0 atom stereocenters. The van der Waals surface area contributed by atoms with Crippen LogP contribution in [-0.2, 0) is 14.3 Å². The first-order chi connectivity index (χ1) is 11.7. The van der Waals surface area contributed by atoms with Crippen molar-refractivity contribution in [3.63, 3.8) is 0 Å². The van der Waals surface area contributed by atoms with E-state index in [9.17, 15) is 9.59 Å². The zero-order chi connectivity index (χ0) is 17.4. The first kappa shape index (κ1) is 17.8. The number of nitrogens with zero attached hydrogens (tertiary/aromatic N) is 1. The van der Waals surface area contributed by atoms with Crippen molar-refractivity contribution >= 4 is 23.5 Å². The zero-order valence-corrected chi connectivity index (χ0v) is 14.2. The van der Waals surface area contributed by atoms with Crippen LogP contribution in [0.2, 0.25) is 0 Å². The van der Waals surface area contributed by atoms with E-state index in [0.29, 0.717) is 6.54 Å². The molecule has 1 heterocycles. The van der Waals surface area contributed by atoms with E-state index < -0.39 is 5.97 Å². The second-order valence-corrected chi connectivity index (χ2v) is 5.59. The van der Waals surface area contributed by atoms with Gasteiger partial charge in [0.05, 0.1) is 7.11 Å². The number of allylic oxidation sites excluding steroid dienone is 1. The Hall–Kier alpha value is -2.56. The molecule has 0 spiro atoms. The van der Waals surface area contributed by atoms with Crippen molar-refractivity contribution in [2.75, 3.05) is 31.6 Å². The van der Waals surface area contributed by atoms with Crippen molar-refractivity contribution in [1.29, 1.82) is 0 Å². The number of ether oxygens (including phenoxy) is 1. The maximum absolute atomic E-state index is 12.2. The average molecular weight is 328 g/mol.